The van der Waals surface area contributed by atoms with Gasteiger partial charge in [0.15, 0.2) is 0 Å². The minimum Gasteiger partial charge on any atom is -0.465 e. The van der Waals surface area contributed by atoms with Gasteiger partial charge in [0.05, 0.1) is 18.8 Å². The van der Waals surface area contributed by atoms with E-state index in [9.17, 15) is 15.0 Å². The Kier molecular flexibility index (Phi) is 8.97. The molecule has 5 heteroatoms. The Labute approximate surface area is 145 Å². The molecular weight excluding hydrogens is 306 g/mol. The van der Waals surface area contributed by atoms with Gasteiger partial charge in [0.1, 0.15) is 6.04 Å². The summed E-state index contributed by atoms with van der Waals surface area (Å²) in [4.78, 5) is 14.4. The van der Waals surface area contributed by atoms with Crippen LogP contribution in [0.2, 0.25) is 0 Å². The summed E-state index contributed by atoms with van der Waals surface area (Å²) in [6, 6.07) is 9.72. The number of rotatable bonds is 10. The molecule has 0 radical (unpaired) electrons. The van der Waals surface area contributed by atoms with Gasteiger partial charge in [-0.2, -0.15) is 0 Å². The zero-order valence-electron chi connectivity index (χ0n) is 15.2. The number of esters is 1. The van der Waals surface area contributed by atoms with Gasteiger partial charge in [-0.05, 0) is 52.6 Å². The number of ether oxygens (including phenoxy) is 1. The Bertz CT molecular complexity index is 478. The van der Waals surface area contributed by atoms with Crippen LogP contribution in [0.4, 0.5) is 0 Å². The highest BCUT2D eigenvalue weighted by Gasteiger charge is 2.28. The van der Waals surface area contributed by atoms with Crippen molar-refractivity contribution in [3.63, 3.8) is 0 Å². The van der Waals surface area contributed by atoms with Gasteiger partial charge in [0, 0.05) is 6.04 Å². The number of carbonyl (C=O) groups excluding carboxylic acids is 1. The summed E-state index contributed by atoms with van der Waals surface area (Å²) in [5, 5.41) is 19.1. The molecule has 0 heterocycles. The van der Waals surface area contributed by atoms with Crippen LogP contribution in [0.3, 0.4) is 0 Å². The van der Waals surface area contributed by atoms with Gasteiger partial charge in [-0.15, -0.1) is 0 Å². The van der Waals surface area contributed by atoms with Crippen molar-refractivity contribution in [3.8, 4) is 0 Å². The average Bonchev–Trinajstić information content (AvgIpc) is 2.58. The molecule has 1 aromatic carbocycles. The van der Waals surface area contributed by atoms with E-state index in [0.717, 1.165) is 5.56 Å². The van der Waals surface area contributed by atoms with Crippen molar-refractivity contribution in [2.75, 3.05) is 13.7 Å². The lowest BCUT2D eigenvalue weighted by atomic mass is 10.0. The second-order valence-corrected chi connectivity index (χ2v) is 6.26. The maximum Gasteiger partial charge on any atom is 0.323 e. The van der Waals surface area contributed by atoms with Crippen molar-refractivity contribution in [2.45, 2.75) is 64.3 Å². The normalized spacial score (nSPS) is 16.5. The van der Waals surface area contributed by atoms with Crippen LogP contribution >= 0.6 is 0 Å². The second kappa shape index (κ2) is 10.4. The molecule has 2 unspecified atom stereocenters. The highest BCUT2D eigenvalue weighted by molar-refractivity contribution is 5.75. The molecule has 0 aliphatic rings. The lowest BCUT2D eigenvalue weighted by Gasteiger charge is -2.32. The van der Waals surface area contributed by atoms with E-state index in [1.54, 1.807) is 13.8 Å². The standard InChI is InChI=1S/C19H31NO4/c1-5-24-19(23)17(12-9-13-18(22)15(3)21)20(4)14(2)16-10-7-6-8-11-16/h6-8,10-11,14-15,17-18,21-22H,5,9,12-13H2,1-4H3/t14-,15?,17+,18?/m0/s1. The molecule has 4 atom stereocenters. The first kappa shape index (κ1) is 20.6. The molecule has 5 nitrogen and oxygen atoms in total. The highest BCUT2D eigenvalue weighted by atomic mass is 16.5. The summed E-state index contributed by atoms with van der Waals surface area (Å²) in [6.07, 6.45) is 0.162. The third-order valence-corrected chi connectivity index (χ3v) is 4.48. The SMILES string of the molecule is CCOC(=O)[C@@H](CCCC(O)C(C)O)N(C)[C@@H](C)c1ccccc1. The predicted molar refractivity (Wildman–Crippen MR) is 94.6 cm³/mol. The quantitative estimate of drug-likeness (QED) is 0.642. The first-order valence-corrected chi connectivity index (χ1v) is 8.68. The third kappa shape index (κ3) is 6.23. The average molecular weight is 337 g/mol. The summed E-state index contributed by atoms with van der Waals surface area (Å²) in [6.45, 7) is 5.77. The fraction of sp³-hybridized carbons (Fsp3) is 0.632. The molecule has 0 spiro atoms. The third-order valence-electron chi connectivity index (χ3n) is 4.48. The molecule has 2 N–H and O–H groups in total. The van der Waals surface area contributed by atoms with Crippen LogP contribution < -0.4 is 0 Å². The summed E-state index contributed by atoms with van der Waals surface area (Å²) >= 11 is 0. The van der Waals surface area contributed by atoms with Crippen molar-refractivity contribution in [2.24, 2.45) is 0 Å². The molecule has 0 saturated heterocycles. The Balaban J connectivity index is 2.75. The number of carbonyl (C=O) groups is 1. The molecule has 0 fully saturated rings. The lowest BCUT2D eigenvalue weighted by Crippen LogP contribution is -2.41. The van der Waals surface area contributed by atoms with Gasteiger partial charge in [-0.25, -0.2) is 0 Å². The molecule has 0 aromatic heterocycles. The van der Waals surface area contributed by atoms with Crippen LogP contribution in [-0.4, -0.2) is 53.0 Å². The topological polar surface area (TPSA) is 70.0 Å². The summed E-state index contributed by atoms with van der Waals surface area (Å²) in [7, 11) is 1.92. The maximum absolute atomic E-state index is 12.4. The Morgan fingerprint density at radius 3 is 2.33 bits per heavy atom. The van der Waals surface area contributed by atoms with Crippen molar-refractivity contribution in [1.29, 1.82) is 0 Å². The number of aliphatic hydroxyl groups excluding tert-OH is 2. The zero-order valence-corrected chi connectivity index (χ0v) is 15.2. The Morgan fingerprint density at radius 1 is 1.17 bits per heavy atom. The van der Waals surface area contributed by atoms with E-state index in [1.807, 2.05) is 42.3 Å². The van der Waals surface area contributed by atoms with Crippen LogP contribution in [0.5, 0.6) is 0 Å². The van der Waals surface area contributed by atoms with Crippen molar-refractivity contribution >= 4 is 5.97 Å². The molecule has 0 saturated carbocycles. The number of hydrogen-bond acceptors (Lipinski definition) is 5. The monoisotopic (exact) mass is 337 g/mol. The van der Waals surface area contributed by atoms with Crippen LogP contribution in [0, 0.1) is 0 Å². The Hall–Kier alpha value is -1.43. The molecular formula is C19H31NO4. The minimum absolute atomic E-state index is 0.0716. The van der Waals surface area contributed by atoms with Gasteiger partial charge in [0.25, 0.3) is 0 Å². The molecule has 136 valence electrons. The molecule has 24 heavy (non-hydrogen) atoms. The Morgan fingerprint density at radius 2 is 1.79 bits per heavy atom. The van der Waals surface area contributed by atoms with Crippen molar-refractivity contribution in [3.05, 3.63) is 35.9 Å². The van der Waals surface area contributed by atoms with E-state index < -0.39 is 12.2 Å². The van der Waals surface area contributed by atoms with Gasteiger partial charge < -0.3 is 14.9 Å². The van der Waals surface area contributed by atoms with E-state index >= 15 is 0 Å². The number of hydrogen-bond donors (Lipinski definition) is 2. The van der Waals surface area contributed by atoms with E-state index in [0.29, 0.717) is 25.9 Å². The van der Waals surface area contributed by atoms with Crippen LogP contribution in [0.25, 0.3) is 0 Å². The molecule has 0 aliphatic carbocycles. The van der Waals surface area contributed by atoms with Crippen LogP contribution in [0.1, 0.15) is 51.6 Å². The second-order valence-electron chi connectivity index (χ2n) is 6.26. The lowest BCUT2D eigenvalue weighted by molar-refractivity contribution is -0.150. The van der Waals surface area contributed by atoms with E-state index in [1.165, 1.54) is 0 Å². The number of aliphatic hydroxyl groups is 2. The van der Waals surface area contributed by atoms with E-state index in [2.05, 4.69) is 6.92 Å². The van der Waals surface area contributed by atoms with E-state index in [-0.39, 0.29) is 18.1 Å². The molecule has 1 aromatic rings. The van der Waals surface area contributed by atoms with Crippen LogP contribution in [0.15, 0.2) is 30.3 Å². The highest BCUT2D eigenvalue weighted by Crippen LogP contribution is 2.23. The van der Waals surface area contributed by atoms with E-state index in [4.69, 9.17) is 4.74 Å². The summed E-state index contributed by atoms with van der Waals surface area (Å²) < 4.78 is 5.22. The smallest absolute Gasteiger partial charge is 0.323 e. The van der Waals surface area contributed by atoms with Crippen molar-refractivity contribution in [1.82, 2.24) is 4.90 Å². The molecule has 0 amide bonds. The van der Waals surface area contributed by atoms with Crippen LogP contribution in [-0.2, 0) is 9.53 Å². The first-order chi connectivity index (χ1) is 11.4. The largest absolute Gasteiger partial charge is 0.465 e. The zero-order chi connectivity index (χ0) is 18.1. The number of nitrogens with zero attached hydrogens (tertiary/aromatic N) is 1. The fourth-order valence-electron chi connectivity index (χ4n) is 2.72. The molecule has 0 bridgehead atoms. The maximum atomic E-state index is 12.4. The van der Waals surface area contributed by atoms with Gasteiger partial charge in [-0.1, -0.05) is 30.3 Å². The van der Waals surface area contributed by atoms with Gasteiger partial charge >= 0.3 is 5.97 Å². The van der Waals surface area contributed by atoms with Gasteiger partial charge in [-0.3, -0.25) is 9.69 Å². The molecule has 1 rings (SSSR count). The minimum atomic E-state index is -0.760. The number of benzene rings is 1. The number of likely N-dealkylation sites (N-methyl/N-ethyl adjacent to an activating group) is 1. The fourth-order valence-corrected chi connectivity index (χ4v) is 2.72. The summed E-state index contributed by atoms with van der Waals surface area (Å²) in [5.41, 5.74) is 1.14. The molecule has 0 aliphatic heterocycles. The summed E-state index contributed by atoms with van der Waals surface area (Å²) in [5.74, 6) is -0.241. The van der Waals surface area contributed by atoms with Gasteiger partial charge in [0.2, 0.25) is 0 Å². The first-order valence-electron chi connectivity index (χ1n) is 8.68. The predicted octanol–water partition coefficient (Wildman–Crippen LogP) is 2.52. The van der Waals surface area contributed by atoms with Crippen molar-refractivity contribution < 1.29 is 19.7 Å².